The summed E-state index contributed by atoms with van der Waals surface area (Å²) in [6, 6.07) is 9.55. The molecule has 1 amide bonds. The van der Waals surface area contributed by atoms with Gasteiger partial charge >= 0.3 is 5.97 Å². The standard InChI is InChI=1S/C22H27NO5/c1-15(2)26-12-6-11-23-14-22-10-9-17(28-22)18(19(22)20(23)24)21(25)27-13-16-7-4-3-5-8-16/h3-5,7-10,15,17-19H,6,11-14H2,1-2H3/t17-,18+,19-,22-/m0/s1. The molecule has 2 saturated heterocycles. The van der Waals surface area contributed by atoms with Crippen LogP contribution in [-0.4, -0.2) is 54.3 Å². The third kappa shape index (κ3) is 3.47. The predicted molar refractivity (Wildman–Crippen MR) is 102 cm³/mol. The average Bonchev–Trinajstić information content (AvgIpc) is 3.32. The van der Waals surface area contributed by atoms with Crippen molar-refractivity contribution in [3.63, 3.8) is 0 Å². The van der Waals surface area contributed by atoms with Crippen LogP contribution in [0.2, 0.25) is 0 Å². The van der Waals surface area contributed by atoms with Crippen LogP contribution in [0.1, 0.15) is 25.8 Å². The Morgan fingerprint density at radius 1 is 1.32 bits per heavy atom. The Balaban J connectivity index is 1.39. The molecule has 6 heteroatoms. The van der Waals surface area contributed by atoms with Crippen LogP contribution >= 0.6 is 0 Å². The van der Waals surface area contributed by atoms with Crippen LogP contribution in [0.3, 0.4) is 0 Å². The van der Waals surface area contributed by atoms with Gasteiger partial charge in [0.05, 0.1) is 24.7 Å². The van der Waals surface area contributed by atoms with Gasteiger partial charge in [-0.3, -0.25) is 9.59 Å². The Labute approximate surface area is 165 Å². The number of fused-ring (bicyclic) bond motifs is 1. The Bertz CT molecular complexity index is 761. The molecule has 2 fully saturated rings. The molecule has 0 aromatic heterocycles. The Morgan fingerprint density at radius 3 is 2.86 bits per heavy atom. The minimum Gasteiger partial charge on any atom is -0.460 e. The number of carbonyl (C=O) groups excluding carboxylic acids is 2. The van der Waals surface area contributed by atoms with E-state index < -0.39 is 17.4 Å². The monoisotopic (exact) mass is 385 g/mol. The lowest BCUT2D eigenvalue weighted by atomic mass is 9.77. The zero-order valence-electron chi connectivity index (χ0n) is 16.4. The molecule has 3 heterocycles. The van der Waals surface area contributed by atoms with Gasteiger partial charge in [0.1, 0.15) is 18.1 Å². The van der Waals surface area contributed by atoms with Gasteiger partial charge in [0.15, 0.2) is 0 Å². The van der Waals surface area contributed by atoms with Gasteiger partial charge in [-0.2, -0.15) is 0 Å². The van der Waals surface area contributed by atoms with Crippen molar-refractivity contribution >= 4 is 11.9 Å². The maximum atomic E-state index is 13.1. The molecule has 0 unspecified atom stereocenters. The van der Waals surface area contributed by atoms with Gasteiger partial charge in [0.25, 0.3) is 0 Å². The Hall–Kier alpha value is -2.18. The Kier molecular flexibility index (Phi) is 5.25. The second kappa shape index (κ2) is 7.68. The van der Waals surface area contributed by atoms with E-state index in [4.69, 9.17) is 14.2 Å². The molecule has 1 aromatic rings. The van der Waals surface area contributed by atoms with Crippen molar-refractivity contribution in [2.45, 2.75) is 44.7 Å². The number of ether oxygens (including phenoxy) is 3. The number of benzene rings is 1. The van der Waals surface area contributed by atoms with Gasteiger partial charge in [0, 0.05) is 13.2 Å². The molecule has 150 valence electrons. The summed E-state index contributed by atoms with van der Waals surface area (Å²) in [4.78, 5) is 27.7. The van der Waals surface area contributed by atoms with Crippen molar-refractivity contribution in [3.05, 3.63) is 48.0 Å². The second-order valence-electron chi connectivity index (χ2n) is 8.03. The summed E-state index contributed by atoms with van der Waals surface area (Å²) >= 11 is 0. The largest absolute Gasteiger partial charge is 0.460 e. The maximum Gasteiger partial charge on any atom is 0.313 e. The summed E-state index contributed by atoms with van der Waals surface area (Å²) in [5.74, 6) is -1.43. The molecule has 0 radical (unpaired) electrons. The number of hydrogen-bond acceptors (Lipinski definition) is 5. The average molecular weight is 385 g/mol. The normalized spacial score (nSPS) is 30.3. The fraction of sp³-hybridized carbons (Fsp3) is 0.545. The summed E-state index contributed by atoms with van der Waals surface area (Å²) in [5.41, 5.74) is 0.242. The lowest BCUT2D eigenvalue weighted by Crippen LogP contribution is -2.40. The SMILES string of the molecule is CC(C)OCCCN1C[C@]23C=C[C@H](O2)[C@@H](C(=O)OCc2ccccc2)[C@H]3C1=O. The van der Waals surface area contributed by atoms with E-state index in [1.54, 1.807) is 4.90 Å². The van der Waals surface area contributed by atoms with Crippen LogP contribution in [-0.2, 0) is 30.4 Å². The molecule has 4 atom stereocenters. The quantitative estimate of drug-likeness (QED) is 0.390. The number of likely N-dealkylation sites (tertiary alicyclic amines) is 1. The number of nitrogens with zero attached hydrogens (tertiary/aromatic N) is 1. The zero-order valence-corrected chi connectivity index (χ0v) is 16.4. The molecule has 28 heavy (non-hydrogen) atoms. The third-order valence-corrected chi connectivity index (χ3v) is 5.70. The van der Waals surface area contributed by atoms with E-state index in [1.807, 2.05) is 56.3 Å². The molecule has 1 aromatic carbocycles. The van der Waals surface area contributed by atoms with Crippen LogP contribution in [0.5, 0.6) is 0 Å². The number of hydrogen-bond donors (Lipinski definition) is 0. The highest BCUT2D eigenvalue weighted by molar-refractivity contribution is 5.91. The third-order valence-electron chi connectivity index (χ3n) is 5.70. The first-order valence-corrected chi connectivity index (χ1v) is 9.98. The topological polar surface area (TPSA) is 65.1 Å². The molecule has 0 aliphatic carbocycles. The zero-order chi connectivity index (χ0) is 19.7. The van der Waals surface area contributed by atoms with Gasteiger partial charge in [-0.15, -0.1) is 0 Å². The number of rotatable bonds is 8. The Morgan fingerprint density at radius 2 is 2.11 bits per heavy atom. The maximum absolute atomic E-state index is 13.1. The van der Waals surface area contributed by atoms with Gasteiger partial charge in [-0.25, -0.2) is 0 Å². The van der Waals surface area contributed by atoms with E-state index in [0.717, 1.165) is 12.0 Å². The van der Waals surface area contributed by atoms with Crippen molar-refractivity contribution in [1.29, 1.82) is 0 Å². The molecular weight excluding hydrogens is 358 g/mol. The molecule has 0 N–H and O–H groups in total. The van der Waals surface area contributed by atoms with E-state index >= 15 is 0 Å². The van der Waals surface area contributed by atoms with Gasteiger partial charge in [-0.1, -0.05) is 42.5 Å². The fourth-order valence-electron chi connectivity index (χ4n) is 4.44. The molecular formula is C22H27NO5. The summed E-state index contributed by atoms with van der Waals surface area (Å²) in [6.07, 6.45) is 4.44. The smallest absolute Gasteiger partial charge is 0.313 e. The van der Waals surface area contributed by atoms with Gasteiger partial charge < -0.3 is 19.1 Å². The highest BCUT2D eigenvalue weighted by atomic mass is 16.6. The molecule has 3 aliphatic rings. The molecule has 6 nitrogen and oxygen atoms in total. The number of carbonyl (C=O) groups is 2. The van der Waals surface area contributed by atoms with Crippen LogP contribution < -0.4 is 0 Å². The molecule has 1 spiro atoms. The second-order valence-corrected chi connectivity index (χ2v) is 8.03. The summed E-state index contributed by atoms with van der Waals surface area (Å²) in [6.45, 7) is 5.91. The highest BCUT2D eigenvalue weighted by Gasteiger charge is 2.67. The minimum absolute atomic E-state index is 0.0157. The van der Waals surface area contributed by atoms with E-state index in [9.17, 15) is 9.59 Å². The molecule has 3 aliphatic heterocycles. The van der Waals surface area contributed by atoms with Gasteiger partial charge in [-0.05, 0) is 25.8 Å². The van der Waals surface area contributed by atoms with Crippen molar-refractivity contribution in [2.75, 3.05) is 19.7 Å². The van der Waals surface area contributed by atoms with E-state index in [2.05, 4.69) is 0 Å². The van der Waals surface area contributed by atoms with E-state index in [1.165, 1.54) is 0 Å². The highest BCUT2D eigenvalue weighted by Crippen LogP contribution is 2.52. The molecule has 2 bridgehead atoms. The summed E-state index contributed by atoms with van der Waals surface area (Å²) in [5, 5.41) is 0. The fourth-order valence-corrected chi connectivity index (χ4v) is 4.44. The molecule has 4 rings (SSSR count). The number of esters is 1. The first kappa shape index (κ1) is 19.2. The molecule has 0 saturated carbocycles. The predicted octanol–water partition coefficient (Wildman–Crippen LogP) is 2.33. The summed E-state index contributed by atoms with van der Waals surface area (Å²) in [7, 11) is 0. The van der Waals surface area contributed by atoms with E-state index in [0.29, 0.717) is 19.7 Å². The van der Waals surface area contributed by atoms with Crippen LogP contribution in [0.4, 0.5) is 0 Å². The van der Waals surface area contributed by atoms with E-state index in [-0.39, 0.29) is 30.7 Å². The van der Waals surface area contributed by atoms with Crippen molar-refractivity contribution in [3.8, 4) is 0 Å². The lowest BCUT2D eigenvalue weighted by Gasteiger charge is -2.22. The lowest BCUT2D eigenvalue weighted by molar-refractivity contribution is -0.155. The minimum atomic E-state index is -0.683. The number of amides is 1. The first-order chi connectivity index (χ1) is 13.5. The van der Waals surface area contributed by atoms with Crippen molar-refractivity contribution in [1.82, 2.24) is 4.90 Å². The van der Waals surface area contributed by atoms with Crippen LogP contribution in [0.25, 0.3) is 0 Å². The van der Waals surface area contributed by atoms with Crippen molar-refractivity contribution < 1.29 is 23.8 Å². The van der Waals surface area contributed by atoms with Crippen LogP contribution in [0, 0.1) is 11.8 Å². The van der Waals surface area contributed by atoms with Crippen LogP contribution in [0.15, 0.2) is 42.5 Å². The van der Waals surface area contributed by atoms with Crippen molar-refractivity contribution in [2.24, 2.45) is 11.8 Å². The summed E-state index contributed by atoms with van der Waals surface area (Å²) < 4.78 is 17.2. The van der Waals surface area contributed by atoms with Gasteiger partial charge in [0.2, 0.25) is 5.91 Å². The first-order valence-electron chi connectivity index (χ1n) is 9.98.